The van der Waals surface area contributed by atoms with E-state index in [0.29, 0.717) is 23.1 Å². The second kappa shape index (κ2) is 8.15. The lowest BCUT2D eigenvalue weighted by Gasteiger charge is -2.15. The molecule has 1 aromatic rings. The highest BCUT2D eigenvalue weighted by molar-refractivity contribution is 6.33. The second-order valence-electron chi connectivity index (χ2n) is 4.53. The molecule has 1 unspecified atom stereocenters. The topological polar surface area (TPSA) is 26.3 Å². The van der Waals surface area contributed by atoms with Crippen LogP contribution in [0.25, 0.3) is 0 Å². The first-order valence-corrected chi connectivity index (χ1v) is 6.96. The molecule has 0 radical (unpaired) electrons. The third-order valence-corrected chi connectivity index (χ3v) is 3.46. The minimum absolute atomic E-state index is 0.448. The van der Waals surface area contributed by atoms with Gasteiger partial charge in [-0.15, -0.1) is 0 Å². The minimum atomic E-state index is 0.448. The average Bonchev–Trinajstić information content (AvgIpc) is 2.39. The Morgan fingerprint density at radius 1 is 1.39 bits per heavy atom. The number of rotatable bonds is 8. The van der Waals surface area contributed by atoms with Crippen molar-refractivity contribution in [1.29, 1.82) is 0 Å². The maximum atomic E-state index is 10.6. The van der Waals surface area contributed by atoms with Crippen LogP contribution in [0.15, 0.2) is 18.2 Å². The molecule has 3 heteroatoms. The molecule has 0 bridgehead atoms. The minimum Gasteiger partial charge on any atom is -0.493 e. The van der Waals surface area contributed by atoms with Crippen LogP contribution in [0.2, 0.25) is 5.02 Å². The summed E-state index contributed by atoms with van der Waals surface area (Å²) < 4.78 is 5.74. The average molecular weight is 269 g/mol. The quantitative estimate of drug-likeness (QED) is 0.636. The Hall–Kier alpha value is -1.02. The molecule has 0 N–H and O–H groups in total. The number of hydrogen-bond acceptors (Lipinski definition) is 2. The maximum Gasteiger partial charge on any atom is 0.151 e. The van der Waals surface area contributed by atoms with Gasteiger partial charge in [0, 0.05) is 5.56 Å². The van der Waals surface area contributed by atoms with Gasteiger partial charge in [0.1, 0.15) is 5.75 Å². The highest BCUT2D eigenvalue weighted by atomic mass is 35.5. The lowest BCUT2D eigenvalue weighted by Crippen LogP contribution is -2.11. The van der Waals surface area contributed by atoms with Gasteiger partial charge in [0.05, 0.1) is 11.6 Å². The molecule has 0 heterocycles. The standard InChI is InChI=1S/C15H21ClO2/c1-3-5-6-12(4-2)11-18-14-8-7-13(10-17)15(16)9-14/h7-10,12H,3-6,11H2,1-2H3. The van der Waals surface area contributed by atoms with E-state index in [0.717, 1.165) is 18.5 Å². The Kier molecular flexibility index (Phi) is 6.81. The Bertz CT molecular complexity index is 377. The van der Waals surface area contributed by atoms with Crippen molar-refractivity contribution in [1.82, 2.24) is 0 Å². The Morgan fingerprint density at radius 3 is 2.72 bits per heavy atom. The van der Waals surface area contributed by atoms with Crippen LogP contribution in [0.5, 0.6) is 5.75 Å². The number of unbranched alkanes of at least 4 members (excludes halogenated alkanes) is 1. The molecule has 1 atom stereocenters. The number of carbonyl (C=O) groups excluding carboxylic acids is 1. The summed E-state index contributed by atoms with van der Waals surface area (Å²) in [5, 5.41) is 0.448. The third kappa shape index (κ3) is 4.69. The number of benzene rings is 1. The summed E-state index contributed by atoms with van der Waals surface area (Å²) in [5.74, 6) is 1.33. The molecule has 18 heavy (non-hydrogen) atoms. The van der Waals surface area contributed by atoms with Gasteiger partial charge in [0.2, 0.25) is 0 Å². The van der Waals surface area contributed by atoms with Gasteiger partial charge in [-0.2, -0.15) is 0 Å². The Balaban J connectivity index is 2.51. The van der Waals surface area contributed by atoms with E-state index in [-0.39, 0.29) is 0 Å². The van der Waals surface area contributed by atoms with E-state index in [9.17, 15) is 4.79 Å². The molecule has 0 aliphatic rings. The van der Waals surface area contributed by atoms with Crippen molar-refractivity contribution >= 4 is 17.9 Å². The monoisotopic (exact) mass is 268 g/mol. The molecule has 0 saturated heterocycles. The van der Waals surface area contributed by atoms with Crippen molar-refractivity contribution in [3.8, 4) is 5.75 Å². The highest BCUT2D eigenvalue weighted by Gasteiger charge is 2.08. The smallest absolute Gasteiger partial charge is 0.151 e. The first-order valence-electron chi connectivity index (χ1n) is 6.58. The van der Waals surface area contributed by atoms with Crippen molar-refractivity contribution in [2.45, 2.75) is 39.5 Å². The van der Waals surface area contributed by atoms with E-state index in [1.165, 1.54) is 19.3 Å². The fourth-order valence-corrected chi connectivity index (χ4v) is 2.02. The molecule has 0 fully saturated rings. The molecule has 1 rings (SSSR count). The van der Waals surface area contributed by atoms with E-state index in [4.69, 9.17) is 16.3 Å². The first kappa shape index (κ1) is 15.0. The number of carbonyl (C=O) groups is 1. The van der Waals surface area contributed by atoms with Crippen molar-refractivity contribution in [3.63, 3.8) is 0 Å². The van der Waals surface area contributed by atoms with Gasteiger partial charge < -0.3 is 4.74 Å². The predicted octanol–water partition coefficient (Wildman–Crippen LogP) is 4.75. The maximum absolute atomic E-state index is 10.6. The van der Waals surface area contributed by atoms with Gasteiger partial charge in [0.15, 0.2) is 6.29 Å². The van der Waals surface area contributed by atoms with Gasteiger partial charge in [0.25, 0.3) is 0 Å². The van der Waals surface area contributed by atoms with Crippen LogP contribution in [-0.4, -0.2) is 12.9 Å². The molecule has 2 nitrogen and oxygen atoms in total. The lowest BCUT2D eigenvalue weighted by atomic mass is 10.0. The number of hydrogen-bond donors (Lipinski definition) is 0. The van der Waals surface area contributed by atoms with E-state index < -0.39 is 0 Å². The van der Waals surface area contributed by atoms with Crippen LogP contribution in [0.1, 0.15) is 49.9 Å². The van der Waals surface area contributed by atoms with Gasteiger partial charge >= 0.3 is 0 Å². The number of aldehydes is 1. The second-order valence-corrected chi connectivity index (χ2v) is 4.94. The largest absolute Gasteiger partial charge is 0.493 e. The number of halogens is 1. The summed E-state index contributed by atoms with van der Waals surface area (Å²) in [7, 11) is 0. The van der Waals surface area contributed by atoms with Crippen LogP contribution >= 0.6 is 11.6 Å². The van der Waals surface area contributed by atoms with E-state index in [1.807, 2.05) is 0 Å². The van der Waals surface area contributed by atoms with Gasteiger partial charge in [-0.25, -0.2) is 0 Å². The summed E-state index contributed by atoms with van der Waals surface area (Å²) in [4.78, 5) is 10.6. The Morgan fingerprint density at radius 2 is 2.17 bits per heavy atom. The fraction of sp³-hybridized carbons (Fsp3) is 0.533. The van der Waals surface area contributed by atoms with Crippen molar-refractivity contribution in [3.05, 3.63) is 28.8 Å². The van der Waals surface area contributed by atoms with Crippen LogP contribution in [0.3, 0.4) is 0 Å². The van der Waals surface area contributed by atoms with Crippen molar-refractivity contribution < 1.29 is 9.53 Å². The van der Waals surface area contributed by atoms with E-state index in [2.05, 4.69) is 13.8 Å². The molecule has 0 amide bonds. The molecule has 0 aromatic heterocycles. The molecule has 0 spiro atoms. The summed E-state index contributed by atoms with van der Waals surface area (Å²) >= 11 is 5.95. The number of ether oxygens (including phenoxy) is 1. The molecule has 100 valence electrons. The van der Waals surface area contributed by atoms with Crippen LogP contribution in [-0.2, 0) is 0 Å². The summed E-state index contributed by atoms with van der Waals surface area (Å²) in [6.45, 7) is 5.10. The predicted molar refractivity (Wildman–Crippen MR) is 75.6 cm³/mol. The van der Waals surface area contributed by atoms with Crippen molar-refractivity contribution in [2.75, 3.05) is 6.61 Å². The first-order chi connectivity index (χ1) is 8.71. The molecule has 0 aliphatic carbocycles. The Labute approximate surface area is 114 Å². The molecule has 0 aliphatic heterocycles. The molecule has 1 aromatic carbocycles. The molecular weight excluding hydrogens is 248 g/mol. The summed E-state index contributed by atoms with van der Waals surface area (Å²) in [5.41, 5.74) is 0.502. The van der Waals surface area contributed by atoms with Gasteiger partial charge in [-0.1, -0.05) is 44.7 Å². The van der Waals surface area contributed by atoms with Gasteiger partial charge in [-0.05, 0) is 30.5 Å². The zero-order valence-electron chi connectivity index (χ0n) is 11.1. The summed E-state index contributed by atoms with van der Waals surface area (Å²) in [6.07, 6.45) is 5.54. The van der Waals surface area contributed by atoms with Crippen LogP contribution in [0, 0.1) is 5.92 Å². The molecule has 0 saturated carbocycles. The molecular formula is C15H21ClO2. The van der Waals surface area contributed by atoms with Crippen LogP contribution in [0.4, 0.5) is 0 Å². The summed E-state index contributed by atoms with van der Waals surface area (Å²) in [6, 6.07) is 5.19. The lowest BCUT2D eigenvalue weighted by molar-refractivity contribution is 0.112. The fourth-order valence-electron chi connectivity index (χ4n) is 1.81. The van der Waals surface area contributed by atoms with Crippen LogP contribution < -0.4 is 4.74 Å². The zero-order chi connectivity index (χ0) is 13.4. The van der Waals surface area contributed by atoms with E-state index >= 15 is 0 Å². The zero-order valence-corrected chi connectivity index (χ0v) is 11.9. The van der Waals surface area contributed by atoms with Crippen molar-refractivity contribution in [2.24, 2.45) is 5.92 Å². The third-order valence-electron chi connectivity index (χ3n) is 3.13. The normalized spacial score (nSPS) is 12.2. The highest BCUT2D eigenvalue weighted by Crippen LogP contribution is 2.22. The van der Waals surface area contributed by atoms with Gasteiger partial charge in [-0.3, -0.25) is 4.79 Å². The SMILES string of the molecule is CCCCC(CC)COc1ccc(C=O)c(Cl)c1. The van der Waals surface area contributed by atoms with E-state index in [1.54, 1.807) is 18.2 Å².